The first-order valence-corrected chi connectivity index (χ1v) is 8.69. The van der Waals surface area contributed by atoms with Crippen molar-refractivity contribution in [2.24, 2.45) is 0 Å². The predicted molar refractivity (Wildman–Crippen MR) is 73.6 cm³/mol. The Morgan fingerprint density at radius 3 is 2.35 bits per heavy atom. The number of nitrogens with two attached hydrogens (primary N) is 1. The number of nitrogen functional groups attached to an aromatic ring is 1. The van der Waals surface area contributed by atoms with Crippen LogP contribution in [0.5, 0.6) is 0 Å². The van der Waals surface area contributed by atoms with E-state index in [-0.39, 0.29) is 22.7 Å². The molecule has 0 saturated carbocycles. The summed E-state index contributed by atoms with van der Waals surface area (Å²) in [5.74, 6) is -1.17. The Morgan fingerprint density at radius 2 is 1.85 bits per heavy atom. The van der Waals surface area contributed by atoms with Crippen LogP contribution >= 0.6 is 0 Å². The fourth-order valence-corrected chi connectivity index (χ4v) is 3.11. The highest BCUT2D eigenvalue weighted by molar-refractivity contribution is 7.90. The van der Waals surface area contributed by atoms with Gasteiger partial charge in [0.05, 0.1) is 10.6 Å². The van der Waals surface area contributed by atoms with Crippen LogP contribution in [0.3, 0.4) is 0 Å². The molecule has 1 aromatic rings. The summed E-state index contributed by atoms with van der Waals surface area (Å²) < 4.78 is 63.6. The lowest BCUT2D eigenvalue weighted by Gasteiger charge is -2.09. The van der Waals surface area contributed by atoms with Crippen LogP contribution in [0.15, 0.2) is 17.0 Å². The van der Waals surface area contributed by atoms with Gasteiger partial charge in [-0.25, -0.2) is 30.7 Å². The van der Waals surface area contributed by atoms with Crippen LogP contribution in [-0.4, -0.2) is 36.2 Å². The maximum Gasteiger partial charge on any atom is 0.240 e. The molecule has 0 heterocycles. The van der Waals surface area contributed by atoms with E-state index in [4.69, 9.17) is 5.73 Å². The minimum Gasteiger partial charge on any atom is -0.398 e. The van der Waals surface area contributed by atoms with Crippen molar-refractivity contribution < 1.29 is 21.2 Å². The Hall–Kier alpha value is -1.23. The molecule has 7 nitrogen and oxygen atoms in total. The van der Waals surface area contributed by atoms with Gasteiger partial charge in [0.25, 0.3) is 0 Å². The summed E-state index contributed by atoms with van der Waals surface area (Å²) in [5.41, 5.74) is 5.66. The molecule has 0 aromatic heterocycles. The fourth-order valence-electron chi connectivity index (χ4n) is 1.33. The zero-order valence-electron chi connectivity index (χ0n) is 11.0. The van der Waals surface area contributed by atoms with Crippen molar-refractivity contribution in [2.75, 3.05) is 25.1 Å². The second-order valence-electron chi connectivity index (χ2n) is 4.04. The van der Waals surface area contributed by atoms with Crippen LogP contribution < -0.4 is 15.2 Å². The van der Waals surface area contributed by atoms with E-state index in [9.17, 15) is 21.2 Å². The average molecular weight is 325 g/mol. The van der Waals surface area contributed by atoms with Gasteiger partial charge in [0.15, 0.2) is 0 Å². The van der Waals surface area contributed by atoms with E-state index in [2.05, 4.69) is 9.44 Å². The number of hydrogen-bond donors (Lipinski definition) is 3. The summed E-state index contributed by atoms with van der Waals surface area (Å²) in [6, 6.07) is 1.95. The minimum atomic E-state index is -4.01. The zero-order valence-corrected chi connectivity index (χ0v) is 12.6. The predicted octanol–water partition coefficient (Wildman–Crippen LogP) is -0.456. The molecule has 0 fully saturated rings. The lowest BCUT2D eigenvalue weighted by atomic mass is 10.2. The largest absolute Gasteiger partial charge is 0.398 e. The SMILES string of the molecule is CNS(=O)(=O)CCNS(=O)(=O)c1cc(N)c(C)c(F)c1. The van der Waals surface area contributed by atoms with Gasteiger partial charge in [-0.2, -0.15) is 0 Å². The van der Waals surface area contributed by atoms with E-state index in [1.165, 1.54) is 14.0 Å². The number of sulfonamides is 2. The van der Waals surface area contributed by atoms with Crippen molar-refractivity contribution in [1.82, 2.24) is 9.44 Å². The number of rotatable bonds is 6. The summed E-state index contributed by atoms with van der Waals surface area (Å²) in [4.78, 5) is -0.347. The highest BCUT2D eigenvalue weighted by atomic mass is 32.2. The standard InChI is InChI=1S/C10H16FN3O4S2/c1-7-9(11)5-8(6-10(7)12)20(17,18)14-3-4-19(15,16)13-2/h5-6,13-14H,3-4,12H2,1-2H3. The molecular weight excluding hydrogens is 309 g/mol. The lowest BCUT2D eigenvalue weighted by Crippen LogP contribution is -2.33. The second kappa shape index (κ2) is 6.04. The third-order valence-electron chi connectivity index (χ3n) is 2.64. The monoisotopic (exact) mass is 325 g/mol. The van der Waals surface area contributed by atoms with Gasteiger partial charge in [-0.05, 0) is 26.1 Å². The average Bonchev–Trinajstić information content (AvgIpc) is 2.34. The van der Waals surface area contributed by atoms with Gasteiger partial charge in [-0.15, -0.1) is 0 Å². The summed E-state index contributed by atoms with van der Waals surface area (Å²) in [7, 11) is -6.32. The molecule has 0 atom stereocenters. The minimum absolute atomic E-state index is 0.00761. The molecule has 0 aliphatic rings. The van der Waals surface area contributed by atoms with Gasteiger partial charge in [-0.1, -0.05) is 0 Å². The second-order valence-corrected chi connectivity index (χ2v) is 7.85. The molecular formula is C10H16FN3O4S2. The Kier molecular flexibility index (Phi) is 5.08. The first-order valence-electron chi connectivity index (χ1n) is 5.55. The number of halogens is 1. The van der Waals surface area contributed by atoms with E-state index >= 15 is 0 Å². The molecule has 0 radical (unpaired) electrons. The molecule has 0 aliphatic carbocycles. The van der Waals surface area contributed by atoms with E-state index < -0.39 is 31.6 Å². The molecule has 0 saturated heterocycles. The Balaban J connectivity index is 2.90. The smallest absolute Gasteiger partial charge is 0.240 e. The van der Waals surface area contributed by atoms with Crippen molar-refractivity contribution in [1.29, 1.82) is 0 Å². The highest BCUT2D eigenvalue weighted by Gasteiger charge is 2.18. The van der Waals surface area contributed by atoms with E-state index in [0.29, 0.717) is 0 Å². The summed E-state index contributed by atoms with van der Waals surface area (Å²) in [5, 5.41) is 0. The third kappa shape index (κ3) is 4.13. The van der Waals surface area contributed by atoms with Crippen LogP contribution in [-0.2, 0) is 20.0 Å². The van der Waals surface area contributed by atoms with Crippen LogP contribution in [0, 0.1) is 12.7 Å². The first-order chi connectivity index (χ1) is 9.09. The normalized spacial score (nSPS) is 12.6. The summed E-state index contributed by atoms with van der Waals surface area (Å²) in [6.45, 7) is 1.09. The van der Waals surface area contributed by atoms with Gasteiger partial charge in [-0.3, -0.25) is 0 Å². The van der Waals surface area contributed by atoms with E-state index in [1.54, 1.807) is 0 Å². The molecule has 0 aliphatic heterocycles. The molecule has 4 N–H and O–H groups in total. The molecule has 0 amide bonds. The van der Waals surface area contributed by atoms with Crippen molar-refractivity contribution in [2.45, 2.75) is 11.8 Å². The van der Waals surface area contributed by atoms with Gasteiger partial charge < -0.3 is 5.73 Å². The summed E-state index contributed by atoms with van der Waals surface area (Å²) in [6.07, 6.45) is 0. The number of anilines is 1. The Labute approximate surface area is 117 Å². The van der Waals surface area contributed by atoms with Gasteiger partial charge >= 0.3 is 0 Å². The number of hydrogen-bond acceptors (Lipinski definition) is 5. The van der Waals surface area contributed by atoms with Crippen molar-refractivity contribution in [3.05, 3.63) is 23.5 Å². The van der Waals surface area contributed by atoms with Gasteiger partial charge in [0.1, 0.15) is 5.82 Å². The highest BCUT2D eigenvalue weighted by Crippen LogP contribution is 2.20. The Bertz CT molecular complexity index is 678. The molecule has 10 heteroatoms. The Morgan fingerprint density at radius 1 is 1.25 bits per heavy atom. The van der Waals surface area contributed by atoms with Crippen LogP contribution in [0.4, 0.5) is 10.1 Å². The molecule has 0 spiro atoms. The topological polar surface area (TPSA) is 118 Å². The van der Waals surface area contributed by atoms with Gasteiger partial charge in [0, 0.05) is 17.8 Å². The molecule has 114 valence electrons. The van der Waals surface area contributed by atoms with Gasteiger partial charge in [0.2, 0.25) is 20.0 Å². The molecule has 0 bridgehead atoms. The number of nitrogens with one attached hydrogen (secondary N) is 2. The van der Waals surface area contributed by atoms with Crippen molar-refractivity contribution in [3.8, 4) is 0 Å². The lowest BCUT2D eigenvalue weighted by molar-refractivity contribution is 0.575. The molecule has 1 aromatic carbocycles. The third-order valence-corrected chi connectivity index (χ3v) is 5.45. The molecule has 20 heavy (non-hydrogen) atoms. The van der Waals surface area contributed by atoms with Crippen molar-refractivity contribution in [3.63, 3.8) is 0 Å². The quantitative estimate of drug-likeness (QED) is 0.612. The van der Waals surface area contributed by atoms with Crippen LogP contribution in [0.25, 0.3) is 0 Å². The van der Waals surface area contributed by atoms with Crippen LogP contribution in [0.2, 0.25) is 0 Å². The summed E-state index contributed by atoms with van der Waals surface area (Å²) >= 11 is 0. The van der Waals surface area contributed by atoms with E-state index in [1.807, 2.05) is 0 Å². The zero-order chi connectivity index (χ0) is 15.6. The fraction of sp³-hybridized carbons (Fsp3) is 0.400. The number of benzene rings is 1. The van der Waals surface area contributed by atoms with Crippen molar-refractivity contribution >= 4 is 25.7 Å². The van der Waals surface area contributed by atoms with Crippen LogP contribution in [0.1, 0.15) is 5.56 Å². The molecule has 0 unspecified atom stereocenters. The first kappa shape index (κ1) is 16.8. The maximum atomic E-state index is 13.5. The molecule has 1 rings (SSSR count). The maximum absolute atomic E-state index is 13.5. The van der Waals surface area contributed by atoms with E-state index in [0.717, 1.165) is 12.1 Å².